The van der Waals surface area contributed by atoms with Crippen LogP contribution in [0.15, 0.2) is 29.2 Å². The highest BCUT2D eigenvalue weighted by Crippen LogP contribution is 2.31. The average Bonchev–Trinajstić information content (AvgIpc) is 2.87. The van der Waals surface area contributed by atoms with E-state index in [0.717, 1.165) is 56.9 Å². The monoisotopic (exact) mass is 498 g/mol. The molecule has 1 N–H and O–H groups in total. The minimum atomic E-state index is -3.70. The number of esters is 2. The summed E-state index contributed by atoms with van der Waals surface area (Å²) in [6, 6.07) is 6.60. The van der Waals surface area contributed by atoms with E-state index < -0.39 is 10.1 Å². The molecule has 1 aromatic carbocycles. The lowest BCUT2D eigenvalue weighted by molar-refractivity contribution is -0.147. The molecule has 9 heteroatoms. The van der Waals surface area contributed by atoms with Gasteiger partial charge in [0.2, 0.25) is 0 Å². The second-order valence-electron chi connectivity index (χ2n) is 9.22. The lowest BCUT2D eigenvalue weighted by atomic mass is 9.82. The fraction of sp³-hybridized carbons (Fsp3) is 0.680. The van der Waals surface area contributed by atoms with Crippen LogP contribution in [0.4, 0.5) is 0 Å². The van der Waals surface area contributed by atoms with Gasteiger partial charge in [-0.2, -0.15) is 8.42 Å². The number of aliphatic hydroxyl groups excluding tert-OH is 1. The number of hydrogen-bond donors (Lipinski definition) is 1. The van der Waals surface area contributed by atoms with Crippen LogP contribution in [0.2, 0.25) is 0 Å². The Morgan fingerprint density at radius 2 is 1.26 bits per heavy atom. The van der Waals surface area contributed by atoms with Gasteiger partial charge in [-0.05, 0) is 82.3 Å². The lowest BCUT2D eigenvalue weighted by Crippen LogP contribution is -2.25. The first-order valence-electron chi connectivity index (χ1n) is 11.9. The van der Waals surface area contributed by atoms with Gasteiger partial charge in [0, 0.05) is 6.61 Å². The molecule has 0 radical (unpaired) electrons. The van der Waals surface area contributed by atoms with Gasteiger partial charge in [-0.1, -0.05) is 17.7 Å². The van der Waals surface area contributed by atoms with Crippen molar-refractivity contribution in [2.24, 2.45) is 23.7 Å². The normalized spacial score (nSPS) is 24.9. The molecular formula is C25H38O8S. The first-order chi connectivity index (χ1) is 16.2. The zero-order valence-corrected chi connectivity index (χ0v) is 21.2. The number of benzene rings is 1. The van der Waals surface area contributed by atoms with E-state index in [2.05, 4.69) is 4.74 Å². The Morgan fingerprint density at radius 1 is 0.824 bits per heavy atom. The molecule has 0 amide bonds. The second-order valence-corrected chi connectivity index (χ2v) is 10.8. The number of rotatable bonds is 7. The van der Waals surface area contributed by atoms with Gasteiger partial charge in [0.05, 0.1) is 37.6 Å². The van der Waals surface area contributed by atoms with E-state index in [-0.39, 0.29) is 47.8 Å². The van der Waals surface area contributed by atoms with Crippen LogP contribution in [-0.2, 0) is 33.4 Å². The molecular weight excluding hydrogens is 460 g/mol. The standard InChI is InChI=1S/C16H22O5S.C9H16O3/c1-12-3-9-15(10-4-12)22(18,19)21-11-13-5-7-14(8-6-13)16(17)20-2;1-12-9(11)8-4-2-7(6-10)3-5-8/h3-4,9-10,13-14H,5-8,11H2,1-2H3;7-8,10H,2-6H2,1H3. The van der Waals surface area contributed by atoms with Crippen molar-refractivity contribution in [2.45, 2.75) is 63.2 Å². The Bertz CT molecular complexity index is 865. The summed E-state index contributed by atoms with van der Waals surface area (Å²) in [5.41, 5.74) is 1.00. The van der Waals surface area contributed by atoms with Crippen LogP contribution in [0.1, 0.15) is 56.9 Å². The quantitative estimate of drug-likeness (QED) is 0.447. The maximum absolute atomic E-state index is 12.1. The lowest BCUT2D eigenvalue weighted by Gasteiger charge is -2.26. The van der Waals surface area contributed by atoms with Crippen LogP contribution in [0.5, 0.6) is 0 Å². The predicted molar refractivity (Wildman–Crippen MR) is 126 cm³/mol. The van der Waals surface area contributed by atoms with Gasteiger partial charge in [0.25, 0.3) is 10.1 Å². The summed E-state index contributed by atoms with van der Waals surface area (Å²) in [6.07, 6.45) is 6.67. The number of ether oxygens (including phenoxy) is 2. The summed E-state index contributed by atoms with van der Waals surface area (Å²) < 4.78 is 38.8. The van der Waals surface area contributed by atoms with Gasteiger partial charge in [0.1, 0.15) is 0 Å². The van der Waals surface area contributed by atoms with E-state index in [4.69, 9.17) is 14.0 Å². The van der Waals surface area contributed by atoms with Gasteiger partial charge >= 0.3 is 11.9 Å². The maximum atomic E-state index is 12.1. The Morgan fingerprint density at radius 3 is 1.68 bits per heavy atom. The molecule has 34 heavy (non-hydrogen) atoms. The highest BCUT2D eigenvalue weighted by atomic mass is 32.2. The van der Waals surface area contributed by atoms with Crippen molar-refractivity contribution >= 4 is 22.1 Å². The fourth-order valence-corrected chi connectivity index (χ4v) is 5.41. The van der Waals surface area contributed by atoms with Crippen molar-refractivity contribution in [1.82, 2.24) is 0 Å². The molecule has 0 aliphatic heterocycles. The summed E-state index contributed by atoms with van der Waals surface area (Å²) in [6.45, 7) is 2.33. The number of hydrogen-bond acceptors (Lipinski definition) is 8. The second kappa shape index (κ2) is 13.8. The molecule has 0 unspecified atom stereocenters. The molecule has 192 valence electrons. The van der Waals surface area contributed by atoms with E-state index in [9.17, 15) is 18.0 Å². The molecule has 0 spiro atoms. The van der Waals surface area contributed by atoms with Crippen LogP contribution in [-0.4, -0.2) is 52.9 Å². The van der Waals surface area contributed by atoms with Gasteiger partial charge in [-0.3, -0.25) is 13.8 Å². The Hall–Kier alpha value is -1.97. The molecule has 0 atom stereocenters. The zero-order chi connectivity index (χ0) is 25.1. The van der Waals surface area contributed by atoms with Crippen molar-refractivity contribution in [3.05, 3.63) is 29.8 Å². The van der Waals surface area contributed by atoms with E-state index in [0.29, 0.717) is 5.92 Å². The number of carbonyl (C=O) groups excluding carboxylic acids is 2. The molecule has 2 saturated carbocycles. The van der Waals surface area contributed by atoms with E-state index in [1.54, 1.807) is 24.3 Å². The third-order valence-electron chi connectivity index (χ3n) is 6.79. The topological polar surface area (TPSA) is 116 Å². The Balaban J connectivity index is 0.000000287. The third-order valence-corrected chi connectivity index (χ3v) is 8.09. The van der Waals surface area contributed by atoms with Crippen molar-refractivity contribution in [3.8, 4) is 0 Å². The summed E-state index contributed by atoms with van der Waals surface area (Å²) in [7, 11) is -0.877. The molecule has 2 fully saturated rings. The summed E-state index contributed by atoms with van der Waals surface area (Å²) in [5, 5.41) is 8.86. The zero-order valence-electron chi connectivity index (χ0n) is 20.4. The molecule has 2 aliphatic carbocycles. The van der Waals surface area contributed by atoms with Crippen LogP contribution in [0.25, 0.3) is 0 Å². The van der Waals surface area contributed by atoms with Crippen LogP contribution < -0.4 is 0 Å². The van der Waals surface area contributed by atoms with Crippen LogP contribution >= 0.6 is 0 Å². The number of aliphatic hydroxyl groups is 1. The van der Waals surface area contributed by atoms with Gasteiger partial charge in [-0.15, -0.1) is 0 Å². The minimum Gasteiger partial charge on any atom is -0.469 e. The molecule has 0 aromatic heterocycles. The largest absolute Gasteiger partial charge is 0.469 e. The van der Waals surface area contributed by atoms with Gasteiger partial charge in [0.15, 0.2) is 0 Å². The van der Waals surface area contributed by atoms with Crippen LogP contribution in [0, 0.1) is 30.6 Å². The SMILES string of the molecule is COC(=O)C1CCC(CO)CC1.COC(=O)C1CCC(COS(=O)(=O)c2ccc(C)cc2)CC1. The van der Waals surface area contributed by atoms with Gasteiger partial charge in [-0.25, -0.2) is 0 Å². The fourth-order valence-electron chi connectivity index (χ4n) is 4.44. The van der Waals surface area contributed by atoms with Crippen molar-refractivity contribution in [2.75, 3.05) is 27.4 Å². The third kappa shape index (κ3) is 8.67. The maximum Gasteiger partial charge on any atom is 0.308 e. The molecule has 2 aliphatic rings. The highest BCUT2D eigenvalue weighted by molar-refractivity contribution is 7.86. The highest BCUT2D eigenvalue weighted by Gasteiger charge is 2.28. The van der Waals surface area contributed by atoms with Crippen molar-refractivity contribution in [1.29, 1.82) is 0 Å². The first-order valence-corrected chi connectivity index (χ1v) is 13.3. The van der Waals surface area contributed by atoms with E-state index in [1.165, 1.54) is 14.2 Å². The summed E-state index contributed by atoms with van der Waals surface area (Å²) in [4.78, 5) is 22.7. The van der Waals surface area contributed by atoms with E-state index >= 15 is 0 Å². The Labute approximate surface area is 203 Å². The molecule has 0 bridgehead atoms. The number of carbonyl (C=O) groups is 2. The molecule has 0 heterocycles. The van der Waals surface area contributed by atoms with E-state index in [1.807, 2.05) is 6.92 Å². The Kier molecular flexibility index (Phi) is 11.5. The predicted octanol–water partition coefficient (Wildman–Crippen LogP) is 3.64. The minimum absolute atomic E-state index is 0.0602. The summed E-state index contributed by atoms with van der Waals surface area (Å²) >= 11 is 0. The smallest absolute Gasteiger partial charge is 0.308 e. The van der Waals surface area contributed by atoms with Crippen LogP contribution in [0.3, 0.4) is 0 Å². The van der Waals surface area contributed by atoms with Crippen molar-refractivity contribution in [3.63, 3.8) is 0 Å². The number of methoxy groups -OCH3 is 2. The molecule has 3 rings (SSSR count). The molecule has 0 saturated heterocycles. The average molecular weight is 499 g/mol. The first kappa shape index (κ1) is 28.3. The number of aryl methyl sites for hydroxylation is 1. The molecule has 1 aromatic rings. The van der Waals surface area contributed by atoms with Crippen molar-refractivity contribution < 1.29 is 36.8 Å². The summed E-state index contributed by atoms with van der Waals surface area (Å²) in [5.74, 6) is 0.331. The van der Waals surface area contributed by atoms with Gasteiger partial charge < -0.3 is 14.6 Å². The molecule has 8 nitrogen and oxygen atoms in total.